The number of alkyl halides is 2. The monoisotopic (exact) mass is 110 g/mol. The third kappa shape index (κ3) is 2.51. The number of rotatable bonds is 2. The van der Waals surface area contributed by atoms with Crippen LogP contribution < -0.4 is 0 Å². The summed E-state index contributed by atoms with van der Waals surface area (Å²) in [5.41, 5.74) is 0. The molecule has 3 heteroatoms. The van der Waals surface area contributed by atoms with Crippen molar-refractivity contribution in [1.82, 2.24) is 0 Å². The molecular weight excluding hydrogens is 102 g/mol. The van der Waals surface area contributed by atoms with Gasteiger partial charge in [-0.2, -0.15) is 0 Å². The number of aliphatic hydroxyl groups is 1. The van der Waals surface area contributed by atoms with Gasteiger partial charge in [-0.1, -0.05) is 6.92 Å². The van der Waals surface area contributed by atoms with Gasteiger partial charge >= 0.3 is 0 Å². The molecule has 44 valence electrons. The predicted molar refractivity (Wildman–Crippen MR) is 22.3 cm³/mol. The molecule has 7 heavy (non-hydrogen) atoms. The second-order valence-corrected chi connectivity index (χ2v) is 1.49. The minimum absolute atomic E-state index is 0.433. The Balaban J connectivity index is 3.14. The molecule has 0 amide bonds. The zero-order valence-corrected chi connectivity index (χ0v) is 4.06. The molecule has 0 aliphatic heterocycles. The fraction of sp³-hybridized carbons (Fsp3) is 1.00. The van der Waals surface area contributed by atoms with Crippen LogP contribution in [0.25, 0.3) is 0 Å². The number of halogens is 2. The Morgan fingerprint density at radius 1 is 1.57 bits per heavy atom. The van der Waals surface area contributed by atoms with E-state index in [0.717, 1.165) is 0 Å². The molecule has 0 spiro atoms. The maximum atomic E-state index is 11.3. The second-order valence-electron chi connectivity index (χ2n) is 1.49. The Morgan fingerprint density at radius 2 is 2.00 bits per heavy atom. The fourth-order valence-corrected chi connectivity index (χ4v) is 0.0797. The van der Waals surface area contributed by atoms with Crippen molar-refractivity contribution < 1.29 is 13.9 Å². The van der Waals surface area contributed by atoms with E-state index in [2.05, 4.69) is 0 Å². The highest BCUT2D eigenvalue weighted by Crippen LogP contribution is 2.05. The molecule has 0 radical (unpaired) electrons. The summed E-state index contributed by atoms with van der Waals surface area (Å²) in [6.45, 7) is 0.863. The largest absolute Gasteiger partial charge is 0.396 e. The van der Waals surface area contributed by atoms with Crippen LogP contribution in [0.2, 0.25) is 0 Å². The Labute approximate surface area is 41.0 Å². The molecule has 0 unspecified atom stereocenters. The summed E-state index contributed by atoms with van der Waals surface area (Å²) < 4.78 is 22.5. The smallest absolute Gasteiger partial charge is 0.243 e. The molecular formula is C4H8F2O. The first-order chi connectivity index (χ1) is 3.18. The van der Waals surface area contributed by atoms with Gasteiger partial charge in [-0.05, 0) is 0 Å². The molecule has 1 atom stereocenters. The van der Waals surface area contributed by atoms with Crippen molar-refractivity contribution in [2.75, 3.05) is 6.61 Å². The lowest BCUT2D eigenvalue weighted by atomic mass is 10.2. The van der Waals surface area contributed by atoms with Crippen LogP contribution in [0.1, 0.15) is 6.92 Å². The van der Waals surface area contributed by atoms with Gasteiger partial charge in [0.05, 0.1) is 6.61 Å². The van der Waals surface area contributed by atoms with E-state index in [1.807, 2.05) is 0 Å². The first kappa shape index (κ1) is 6.82. The molecule has 1 N–H and O–H groups in total. The van der Waals surface area contributed by atoms with Crippen molar-refractivity contribution in [3.63, 3.8) is 0 Å². The lowest BCUT2D eigenvalue weighted by Crippen LogP contribution is -2.10. The Hall–Kier alpha value is -0.180. The maximum Gasteiger partial charge on any atom is 0.243 e. The topological polar surface area (TPSA) is 20.2 Å². The van der Waals surface area contributed by atoms with Crippen LogP contribution in [0.5, 0.6) is 0 Å². The van der Waals surface area contributed by atoms with Gasteiger partial charge in [-0.15, -0.1) is 0 Å². The van der Waals surface area contributed by atoms with Crippen LogP contribution >= 0.6 is 0 Å². The van der Waals surface area contributed by atoms with Crippen molar-refractivity contribution in [2.24, 2.45) is 5.92 Å². The minimum Gasteiger partial charge on any atom is -0.396 e. The van der Waals surface area contributed by atoms with Crippen molar-refractivity contribution in [3.05, 3.63) is 0 Å². The zero-order chi connectivity index (χ0) is 5.86. The molecule has 1 nitrogen and oxygen atoms in total. The molecule has 0 aliphatic carbocycles. The van der Waals surface area contributed by atoms with Crippen molar-refractivity contribution in [1.29, 1.82) is 0 Å². The summed E-state index contributed by atoms with van der Waals surface area (Å²) in [5.74, 6) is -0.875. The van der Waals surface area contributed by atoms with Gasteiger partial charge in [0.25, 0.3) is 0 Å². The summed E-state index contributed by atoms with van der Waals surface area (Å²) in [5, 5.41) is 8.03. The summed E-state index contributed by atoms with van der Waals surface area (Å²) >= 11 is 0. The molecule has 0 aromatic rings. The van der Waals surface area contributed by atoms with E-state index in [9.17, 15) is 8.78 Å². The molecule has 0 rings (SSSR count). The van der Waals surface area contributed by atoms with E-state index in [4.69, 9.17) is 5.11 Å². The summed E-state index contributed by atoms with van der Waals surface area (Å²) in [6.07, 6.45) is -2.38. The quantitative estimate of drug-likeness (QED) is 0.559. The lowest BCUT2D eigenvalue weighted by molar-refractivity contribution is 0.0515. The first-order valence-corrected chi connectivity index (χ1v) is 2.07. The molecule has 0 aromatic carbocycles. The van der Waals surface area contributed by atoms with Crippen LogP contribution in [0.3, 0.4) is 0 Å². The van der Waals surface area contributed by atoms with Crippen molar-refractivity contribution in [3.8, 4) is 0 Å². The van der Waals surface area contributed by atoms with Crippen molar-refractivity contribution in [2.45, 2.75) is 13.3 Å². The molecule has 0 heterocycles. The van der Waals surface area contributed by atoms with E-state index in [-0.39, 0.29) is 0 Å². The number of aliphatic hydroxyl groups excluding tert-OH is 1. The molecule has 0 aliphatic rings. The highest BCUT2D eigenvalue weighted by Gasteiger charge is 2.11. The predicted octanol–water partition coefficient (Wildman–Crippen LogP) is 0.880. The highest BCUT2D eigenvalue weighted by atomic mass is 19.3. The van der Waals surface area contributed by atoms with Gasteiger partial charge < -0.3 is 5.11 Å². The zero-order valence-electron chi connectivity index (χ0n) is 4.06. The van der Waals surface area contributed by atoms with E-state index in [1.165, 1.54) is 6.92 Å². The maximum absolute atomic E-state index is 11.3. The van der Waals surface area contributed by atoms with Crippen LogP contribution in [-0.4, -0.2) is 18.1 Å². The van der Waals surface area contributed by atoms with Gasteiger partial charge in [-0.25, -0.2) is 8.78 Å². The minimum atomic E-state index is -2.38. The highest BCUT2D eigenvalue weighted by molar-refractivity contribution is 4.49. The summed E-state index contributed by atoms with van der Waals surface area (Å²) in [7, 11) is 0. The Bertz CT molecular complexity index is 47.0. The van der Waals surface area contributed by atoms with E-state index >= 15 is 0 Å². The lowest BCUT2D eigenvalue weighted by Gasteiger charge is -2.02. The average Bonchev–Trinajstić information content (AvgIpc) is 1.65. The number of hydrogen-bond acceptors (Lipinski definition) is 1. The van der Waals surface area contributed by atoms with Gasteiger partial charge in [0.2, 0.25) is 6.43 Å². The SMILES string of the molecule is C[C@H](CO)C(F)F. The fourth-order valence-electron chi connectivity index (χ4n) is 0.0797. The van der Waals surface area contributed by atoms with Crippen molar-refractivity contribution >= 4 is 0 Å². The molecule has 0 fully saturated rings. The number of hydrogen-bond donors (Lipinski definition) is 1. The van der Waals surface area contributed by atoms with E-state index < -0.39 is 19.0 Å². The molecule has 0 bridgehead atoms. The van der Waals surface area contributed by atoms with Gasteiger partial charge in [-0.3, -0.25) is 0 Å². The van der Waals surface area contributed by atoms with Gasteiger partial charge in [0.15, 0.2) is 0 Å². The molecule has 0 saturated heterocycles. The van der Waals surface area contributed by atoms with Gasteiger partial charge in [0.1, 0.15) is 0 Å². The average molecular weight is 110 g/mol. The molecule has 0 aromatic heterocycles. The van der Waals surface area contributed by atoms with Crippen LogP contribution in [0, 0.1) is 5.92 Å². The Morgan fingerprint density at radius 3 is 2.00 bits per heavy atom. The third-order valence-electron chi connectivity index (χ3n) is 0.718. The van der Waals surface area contributed by atoms with Crippen LogP contribution in [-0.2, 0) is 0 Å². The Kier molecular flexibility index (Phi) is 2.83. The molecule has 0 saturated carbocycles. The van der Waals surface area contributed by atoms with E-state index in [0.29, 0.717) is 0 Å². The van der Waals surface area contributed by atoms with Crippen LogP contribution in [0.4, 0.5) is 8.78 Å². The van der Waals surface area contributed by atoms with Gasteiger partial charge in [0, 0.05) is 5.92 Å². The summed E-state index contributed by atoms with van der Waals surface area (Å²) in [6, 6.07) is 0. The normalized spacial score (nSPS) is 15.0. The van der Waals surface area contributed by atoms with Crippen LogP contribution in [0.15, 0.2) is 0 Å². The summed E-state index contributed by atoms with van der Waals surface area (Å²) in [4.78, 5) is 0. The third-order valence-corrected chi connectivity index (χ3v) is 0.718. The second kappa shape index (κ2) is 2.91. The van der Waals surface area contributed by atoms with E-state index in [1.54, 1.807) is 0 Å². The standard InChI is InChI=1S/C4H8F2O/c1-3(2-7)4(5)6/h3-4,7H,2H2,1H3/t3-/m1/s1. The first-order valence-electron chi connectivity index (χ1n) is 2.07.